The van der Waals surface area contributed by atoms with Gasteiger partial charge in [0.2, 0.25) is 0 Å². The van der Waals surface area contributed by atoms with E-state index in [0.717, 1.165) is 5.69 Å². The van der Waals surface area contributed by atoms with Gasteiger partial charge in [0.15, 0.2) is 0 Å². The molecule has 3 N–H and O–H groups in total. The van der Waals surface area contributed by atoms with Crippen molar-refractivity contribution in [3.8, 4) is 5.69 Å². The predicted molar refractivity (Wildman–Crippen MR) is 98.8 cm³/mol. The number of hydrogen-bond donors (Lipinski definition) is 2. The van der Waals surface area contributed by atoms with Crippen molar-refractivity contribution >= 4 is 21.6 Å². The maximum absolute atomic E-state index is 12.9. The molecule has 3 aromatic rings. The highest BCUT2D eigenvalue weighted by Crippen LogP contribution is 2.26. The van der Waals surface area contributed by atoms with Gasteiger partial charge in [-0.3, -0.25) is 9.52 Å². The second kappa shape index (κ2) is 6.64. The van der Waals surface area contributed by atoms with Gasteiger partial charge in [-0.1, -0.05) is 30.3 Å². The monoisotopic (exact) mass is 370 g/mol. The fourth-order valence-corrected chi connectivity index (χ4v) is 4.30. The third-order valence-electron chi connectivity index (χ3n) is 3.93. The number of aryl methyl sites for hydroxylation is 1. The van der Waals surface area contributed by atoms with Crippen molar-refractivity contribution in [2.45, 2.75) is 18.7 Å². The van der Waals surface area contributed by atoms with Crippen LogP contribution in [0.2, 0.25) is 0 Å². The molecule has 2 aromatic carbocycles. The van der Waals surface area contributed by atoms with Crippen LogP contribution in [0.25, 0.3) is 5.69 Å². The lowest BCUT2D eigenvalue weighted by atomic mass is 10.2. The maximum atomic E-state index is 12.9. The average Bonchev–Trinajstić information content (AvgIpc) is 2.90. The molecule has 3 rings (SSSR count). The van der Waals surface area contributed by atoms with Gasteiger partial charge in [0.1, 0.15) is 4.90 Å². The van der Waals surface area contributed by atoms with Crippen LogP contribution < -0.4 is 10.5 Å². The number of hydrogen-bond acceptors (Lipinski definition) is 4. The molecule has 0 aliphatic rings. The maximum Gasteiger partial charge on any atom is 0.265 e. The molecule has 0 radical (unpaired) electrons. The molecule has 0 bridgehead atoms. The largest absolute Gasteiger partial charge is 0.366 e. The molecule has 1 aromatic heterocycles. The molecule has 7 nitrogen and oxygen atoms in total. The van der Waals surface area contributed by atoms with Crippen molar-refractivity contribution < 1.29 is 13.2 Å². The van der Waals surface area contributed by atoms with Crippen LogP contribution in [0, 0.1) is 13.8 Å². The van der Waals surface area contributed by atoms with Gasteiger partial charge in [0.25, 0.3) is 15.9 Å². The Labute approximate surface area is 151 Å². The minimum atomic E-state index is -3.96. The highest BCUT2D eigenvalue weighted by molar-refractivity contribution is 7.92. The first-order chi connectivity index (χ1) is 12.3. The van der Waals surface area contributed by atoms with E-state index in [1.165, 1.54) is 12.1 Å². The summed E-state index contributed by atoms with van der Waals surface area (Å²) in [5.74, 6) is -0.711. The Morgan fingerprint density at radius 3 is 2.31 bits per heavy atom. The molecule has 0 saturated carbocycles. The van der Waals surface area contributed by atoms with Crippen molar-refractivity contribution in [2.24, 2.45) is 5.73 Å². The summed E-state index contributed by atoms with van der Waals surface area (Å²) in [5.41, 5.74) is 7.14. The lowest BCUT2D eigenvalue weighted by Crippen LogP contribution is -2.19. The lowest BCUT2D eigenvalue weighted by Gasteiger charge is -2.11. The number of nitrogens with one attached hydrogen (secondary N) is 1. The van der Waals surface area contributed by atoms with E-state index in [9.17, 15) is 13.2 Å². The zero-order valence-electron chi connectivity index (χ0n) is 14.3. The number of carbonyl (C=O) groups is 1. The van der Waals surface area contributed by atoms with E-state index in [1.54, 1.807) is 30.7 Å². The summed E-state index contributed by atoms with van der Waals surface area (Å²) >= 11 is 0. The standard InChI is InChI=1S/C18H18N4O3S/c1-12-17(13(2)22(20-12)14-8-4-3-5-9-14)26(24,25)21-16-11-7-6-10-15(16)18(19)23/h3-11,21H,1-2H3,(H2,19,23). The number of anilines is 1. The zero-order valence-corrected chi connectivity index (χ0v) is 15.1. The number of sulfonamides is 1. The number of carbonyl (C=O) groups excluding carboxylic acids is 1. The van der Waals surface area contributed by atoms with Gasteiger partial charge in [-0.2, -0.15) is 5.10 Å². The summed E-state index contributed by atoms with van der Waals surface area (Å²) in [6.45, 7) is 3.31. The van der Waals surface area contributed by atoms with E-state index < -0.39 is 15.9 Å². The van der Waals surface area contributed by atoms with Crippen molar-refractivity contribution in [2.75, 3.05) is 4.72 Å². The molecule has 0 saturated heterocycles. The van der Waals surface area contributed by atoms with E-state index in [4.69, 9.17) is 5.73 Å². The van der Waals surface area contributed by atoms with Crippen molar-refractivity contribution in [3.05, 3.63) is 71.5 Å². The lowest BCUT2D eigenvalue weighted by molar-refractivity contribution is 0.100. The van der Waals surface area contributed by atoms with E-state index in [2.05, 4.69) is 9.82 Å². The molecular weight excluding hydrogens is 352 g/mol. The Hall–Kier alpha value is -3.13. The molecule has 8 heteroatoms. The molecule has 0 atom stereocenters. The van der Waals surface area contributed by atoms with Crippen LogP contribution in [-0.2, 0) is 10.0 Å². The second-order valence-electron chi connectivity index (χ2n) is 5.76. The molecular formula is C18H18N4O3S. The quantitative estimate of drug-likeness (QED) is 0.719. The summed E-state index contributed by atoms with van der Waals surface area (Å²) in [5, 5.41) is 4.35. The Balaban J connectivity index is 2.07. The van der Waals surface area contributed by atoms with Crippen LogP contribution >= 0.6 is 0 Å². The van der Waals surface area contributed by atoms with Crippen molar-refractivity contribution in [1.29, 1.82) is 0 Å². The van der Waals surface area contributed by atoms with Crippen LogP contribution in [0.5, 0.6) is 0 Å². The second-order valence-corrected chi connectivity index (χ2v) is 7.38. The van der Waals surface area contributed by atoms with Gasteiger partial charge in [-0.05, 0) is 38.1 Å². The molecule has 26 heavy (non-hydrogen) atoms. The fourth-order valence-electron chi connectivity index (χ4n) is 2.82. The van der Waals surface area contributed by atoms with Gasteiger partial charge >= 0.3 is 0 Å². The van der Waals surface area contributed by atoms with Gasteiger partial charge in [-0.25, -0.2) is 13.1 Å². The Kier molecular flexibility index (Phi) is 4.52. The van der Waals surface area contributed by atoms with Crippen LogP contribution in [0.4, 0.5) is 5.69 Å². The average molecular weight is 370 g/mol. The Morgan fingerprint density at radius 2 is 1.65 bits per heavy atom. The summed E-state index contributed by atoms with van der Waals surface area (Å²) in [4.78, 5) is 11.6. The molecule has 0 unspecified atom stereocenters. The fraction of sp³-hybridized carbons (Fsp3) is 0.111. The first-order valence-corrected chi connectivity index (χ1v) is 9.33. The van der Waals surface area contributed by atoms with Crippen LogP contribution in [0.15, 0.2) is 59.5 Å². The Morgan fingerprint density at radius 1 is 1.04 bits per heavy atom. The third kappa shape index (κ3) is 3.18. The molecule has 0 aliphatic heterocycles. The van der Waals surface area contributed by atoms with E-state index in [0.29, 0.717) is 11.4 Å². The normalized spacial score (nSPS) is 11.3. The van der Waals surface area contributed by atoms with Crippen LogP contribution in [-0.4, -0.2) is 24.1 Å². The number of primary amides is 1. The predicted octanol–water partition coefficient (Wildman–Crippen LogP) is 2.39. The number of para-hydroxylation sites is 2. The van der Waals surface area contributed by atoms with Gasteiger partial charge in [-0.15, -0.1) is 0 Å². The number of aromatic nitrogens is 2. The van der Waals surface area contributed by atoms with E-state index in [1.807, 2.05) is 30.3 Å². The number of benzene rings is 2. The molecule has 0 aliphatic carbocycles. The van der Waals surface area contributed by atoms with Crippen LogP contribution in [0.3, 0.4) is 0 Å². The highest BCUT2D eigenvalue weighted by Gasteiger charge is 2.26. The van der Waals surface area contributed by atoms with E-state index in [-0.39, 0.29) is 16.1 Å². The Bertz CT molecular complexity index is 1070. The zero-order chi connectivity index (χ0) is 18.9. The highest BCUT2D eigenvalue weighted by atomic mass is 32.2. The summed E-state index contributed by atoms with van der Waals surface area (Å²) in [6.07, 6.45) is 0. The van der Waals surface area contributed by atoms with Crippen molar-refractivity contribution in [3.63, 3.8) is 0 Å². The first kappa shape index (κ1) is 17.7. The summed E-state index contributed by atoms with van der Waals surface area (Å²) in [6, 6.07) is 15.4. The molecule has 0 fully saturated rings. The van der Waals surface area contributed by atoms with Gasteiger partial charge < -0.3 is 5.73 Å². The van der Waals surface area contributed by atoms with Gasteiger partial charge in [0.05, 0.1) is 28.3 Å². The number of amides is 1. The van der Waals surface area contributed by atoms with Crippen molar-refractivity contribution in [1.82, 2.24) is 9.78 Å². The molecule has 1 amide bonds. The SMILES string of the molecule is Cc1nn(-c2ccccc2)c(C)c1S(=O)(=O)Nc1ccccc1C(N)=O. The summed E-state index contributed by atoms with van der Waals surface area (Å²) in [7, 11) is -3.96. The van der Waals surface area contributed by atoms with E-state index >= 15 is 0 Å². The summed E-state index contributed by atoms with van der Waals surface area (Å²) < 4.78 is 29.9. The molecule has 1 heterocycles. The van der Waals surface area contributed by atoms with Crippen LogP contribution in [0.1, 0.15) is 21.7 Å². The number of rotatable bonds is 5. The van der Waals surface area contributed by atoms with Gasteiger partial charge in [0, 0.05) is 0 Å². The first-order valence-electron chi connectivity index (χ1n) is 7.84. The molecule has 134 valence electrons. The minimum absolute atomic E-state index is 0.0700. The number of nitrogens with two attached hydrogens (primary N) is 1. The minimum Gasteiger partial charge on any atom is -0.366 e. The number of nitrogens with zero attached hydrogens (tertiary/aromatic N) is 2. The molecule has 0 spiro atoms. The third-order valence-corrected chi connectivity index (χ3v) is 5.55. The smallest absolute Gasteiger partial charge is 0.265 e. The topological polar surface area (TPSA) is 107 Å².